The van der Waals surface area contributed by atoms with E-state index in [9.17, 15) is 22.7 Å². The van der Waals surface area contributed by atoms with E-state index in [0.29, 0.717) is 0 Å². The monoisotopic (exact) mass is 394 g/mol. The molecule has 1 fully saturated rings. The van der Waals surface area contributed by atoms with Crippen LogP contribution < -0.4 is 4.74 Å². The van der Waals surface area contributed by atoms with Gasteiger partial charge >= 0.3 is 0 Å². The molecule has 0 radical (unpaired) electrons. The topological polar surface area (TPSA) is 87.2 Å². The van der Waals surface area contributed by atoms with E-state index in [4.69, 9.17) is 16.3 Å². The van der Waals surface area contributed by atoms with Crippen LogP contribution in [0.3, 0.4) is 0 Å². The van der Waals surface area contributed by atoms with E-state index in [1.807, 2.05) is 0 Å². The van der Waals surface area contributed by atoms with Gasteiger partial charge in [-0.1, -0.05) is 11.6 Å². The van der Waals surface area contributed by atoms with Crippen LogP contribution in [0.1, 0.15) is 0 Å². The van der Waals surface area contributed by atoms with E-state index in [1.54, 1.807) is 0 Å². The van der Waals surface area contributed by atoms with Crippen LogP contribution in [0.15, 0.2) is 18.2 Å². The minimum Gasteiger partial charge on any atom is -0.484 e. The average molecular weight is 395 g/mol. The summed E-state index contributed by atoms with van der Waals surface area (Å²) in [6, 6.07) is 3.74. The quantitative estimate of drug-likeness (QED) is 0.762. The second kappa shape index (κ2) is 7.86. The molecule has 1 heterocycles. The lowest BCUT2D eigenvalue weighted by atomic mass is 10.1. The number of amides is 1. The van der Waals surface area contributed by atoms with Crippen LogP contribution in [0.25, 0.3) is 0 Å². The van der Waals surface area contributed by atoms with E-state index in [2.05, 4.69) is 0 Å². The highest BCUT2D eigenvalue weighted by Crippen LogP contribution is 2.22. The maximum atomic E-state index is 13.1. The van der Waals surface area contributed by atoms with Crippen molar-refractivity contribution in [2.45, 2.75) is 6.10 Å². The molecule has 0 saturated carbocycles. The van der Waals surface area contributed by atoms with Crippen LogP contribution in [0.4, 0.5) is 4.39 Å². The summed E-state index contributed by atoms with van der Waals surface area (Å²) in [4.78, 5) is 13.5. The Bertz CT molecular complexity index is 743. The van der Waals surface area contributed by atoms with Gasteiger partial charge in [0.25, 0.3) is 5.91 Å². The maximum Gasteiger partial charge on any atom is 0.260 e. The van der Waals surface area contributed by atoms with E-state index in [-0.39, 0.29) is 36.2 Å². The molecule has 1 amide bonds. The summed E-state index contributed by atoms with van der Waals surface area (Å²) in [5.74, 6) is -1.54. The van der Waals surface area contributed by atoms with Gasteiger partial charge < -0.3 is 14.7 Å². The summed E-state index contributed by atoms with van der Waals surface area (Å²) < 4.78 is 43.3. The largest absolute Gasteiger partial charge is 0.484 e. The predicted molar refractivity (Wildman–Crippen MR) is 90.5 cm³/mol. The third kappa shape index (κ3) is 5.04. The molecule has 0 bridgehead atoms. The number of nitrogens with zero attached hydrogens (tertiary/aromatic N) is 2. The van der Waals surface area contributed by atoms with Crippen molar-refractivity contribution in [3.63, 3.8) is 0 Å². The van der Waals surface area contributed by atoms with E-state index in [1.165, 1.54) is 31.1 Å². The van der Waals surface area contributed by atoms with Gasteiger partial charge in [-0.05, 0) is 12.1 Å². The van der Waals surface area contributed by atoms with Crippen molar-refractivity contribution >= 4 is 27.5 Å². The normalized spacial score (nSPS) is 21.0. The number of carbonyl (C=O) groups is 1. The number of likely N-dealkylation sites (tertiary alicyclic amines) is 1. The van der Waals surface area contributed by atoms with Crippen molar-refractivity contribution < 1.29 is 27.4 Å². The Kier molecular flexibility index (Phi) is 6.26. The molecule has 0 unspecified atom stereocenters. The Morgan fingerprint density at radius 3 is 2.72 bits per heavy atom. The number of carbonyl (C=O) groups excluding carboxylic acids is 1. The van der Waals surface area contributed by atoms with Crippen LogP contribution in [0.2, 0.25) is 5.02 Å². The van der Waals surface area contributed by atoms with Gasteiger partial charge in [0.15, 0.2) is 6.61 Å². The second-order valence-corrected chi connectivity index (χ2v) is 8.69. The molecule has 140 valence electrons. The number of hydrogen-bond donors (Lipinski definition) is 1. The lowest BCUT2D eigenvalue weighted by Gasteiger charge is -2.18. The van der Waals surface area contributed by atoms with Crippen LogP contribution in [-0.4, -0.2) is 74.3 Å². The summed E-state index contributed by atoms with van der Waals surface area (Å²) >= 11 is 5.64. The van der Waals surface area contributed by atoms with Crippen molar-refractivity contribution in [1.29, 1.82) is 0 Å². The first-order valence-electron chi connectivity index (χ1n) is 7.54. The molecule has 0 aliphatic carbocycles. The Morgan fingerprint density at radius 1 is 1.44 bits per heavy atom. The number of ether oxygens (including phenoxy) is 1. The molecular weight excluding hydrogens is 375 g/mol. The smallest absolute Gasteiger partial charge is 0.260 e. The third-order valence-electron chi connectivity index (χ3n) is 3.99. The van der Waals surface area contributed by atoms with Crippen LogP contribution in [0, 0.1) is 11.7 Å². The molecule has 7 nitrogen and oxygen atoms in total. The highest BCUT2D eigenvalue weighted by molar-refractivity contribution is 7.89. The molecule has 2 atom stereocenters. The van der Waals surface area contributed by atoms with Crippen LogP contribution >= 0.6 is 11.6 Å². The number of hydrogen-bond acceptors (Lipinski definition) is 5. The molecule has 1 N–H and O–H groups in total. The molecule has 1 aliphatic heterocycles. The van der Waals surface area contributed by atoms with Gasteiger partial charge in [-0.3, -0.25) is 4.79 Å². The molecule has 2 rings (SSSR count). The number of sulfonamides is 1. The first-order valence-corrected chi connectivity index (χ1v) is 9.52. The summed E-state index contributed by atoms with van der Waals surface area (Å²) in [5.41, 5.74) is 0. The lowest BCUT2D eigenvalue weighted by Crippen LogP contribution is -2.35. The minimum absolute atomic E-state index is 0.0416. The molecule has 10 heteroatoms. The summed E-state index contributed by atoms with van der Waals surface area (Å²) in [6.07, 6.45) is -0.918. The van der Waals surface area contributed by atoms with Gasteiger partial charge in [0.1, 0.15) is 11.6 Å². The molecule has 1 aliphatic rings. The number of rotatable bonds is 6. The van der Waals surface area contributed by atoms with Crippen molar-refractivity contribution in [3.05, 3.63) is 29.0 Å². The maximum absolute atomic E-state index is 13.1. The summed E-state index contributed by atoms with van der Waals surface area (Å²) in [6.45, 7) is -0.150. The Balaban J connectivity index is 1.91. The van der Waals surface area contributed by atoms with Gasteiger partial charge in [-0.15, -0.1) is 0 Å². The standard InChI is InChI=1S/C15H20ClFN2O5S/c1-18(2)25(22,23)9-10-6-19(7-14(10)20)15(21)8-24-11-3-4-13(17)12(16)5-11/h3-5,10,14,20H,6-9H2,1-2H3/t10-,14-/m0/s1. The average Bonchev–Trinajstić information content (AvgIpc) is 2.88. The predicted octanol–water partition coefficient (Wildman–Crippen LogP) is 0.569. The molecule has 0 aromatic heterocycles. The van der Waals surface area contributed by atoms with Crippen LogP contribution in [-0.2, 0) is 14.8 Å². The molecule has 1 aromatic carbocycles. The zero-order valence-electron chi connectivity index (χ0n) is 13.9. The Hall–Kier alpha value is -1.42. The molecule has 1 saturated heterocycles. The Morgan fingerprint density at radius 2 is 2.12 bits per heavy atom. The van der Waals surface area contributed by atoms with Gasteiger partial charge in [0.2, 0.25) is 10.0 Å². The van der Waals surface area contributed by atoms with Gasteiger partial charge in [-0.2, -0.15) is 0 Å². The number of aliphatic hydroxyl groups is 1. The Labute approximate surface area is 151 Å². The van der Waals surface area contributed by atoms with Gasteiger partial charge in [-0.25, -0.2) is 17.1 Å². The fourth-order valence-corrected chi connectivity index (χ4v) is 3.78. The van der Waals surface area contributed by atoms with Crippen molar-refractivity contribution in [3.8, 4) is 5.75 Å². The van der Waals surface area contributed by atoms with Gasteiger partial charge in [0.05, 0.1) is 16.9 Å². The first kappa shape index (κ1) is 19.9. The molecular formula is C15H20ClFN2O5S. The van der Waals surface area contributed by atoms with Gasteiger partial charge in [0, 0.05) is 39.2 Å². The first-order chi connectivity index (χ1) is 11.6. The minimum atomic E-state index is -3.47. The lowest BCUT2D eigenvalue weighted by molar-refractivity contribution is -0.132. The fourth-order valence-electron chi connectivity index (χ4n) is 2.44. The molecule has 25 heavy (non-hydrogen) atoms. The number of benzene rings is 1. The second-order valence-electron chi connectivity index (χ2n) is 6.05. The SMILES string of the molecule is CN(C)S(=O)(=O)C[C@@H]1CN(C(=O)COc2ccc(F)c(Cl)c2)C[C@@H]1O. The number of aliphatic hydroxyl groups excluding tert-OH is 1. The van der Waals surface area contributed by atoms with Crippen LogP contribution in [0.5, 0.6) is 5.75 Å². The van der Waals surface area contributed by atoms with E-state index < -0.39 is 33.8 Å². The highest BCUT2D eigenvalue weighted by Gasteiger charge is 2.37. The fraction of sp³-hybridized carbons (Fsp3) is 0.533. The number of β-amino-alcohol motifs (C(OH)–C–C–N with tert-alkyl or cyclic N) is 1. The number of halogens is 2. The highest BCUT2D eigenvalue weighted by atomic mass is 35.5. The molecule has 1 aromatic rings. The third-order valence-corrected chi connectivity index (χ3v) is 6.25. The van der Waals surface area contributed by atoms with Crippen molar-refractivity contribution in [1.82, 2.24) is 9.21 Å². The summed E-state index contributed by atoms with van der Waals surface area (Å²) in [7, 11) is -0.638. The van der Waals surface area contributed by atoms with Crippen molar-refractivity contribution in [2.75, 3.05) is 39.5 Å². The zero-order chi connectivity index (χ0) is 18.8. The van der Waals surface area contributed by atoms with Crippen molar-refractivity contribution in [2.24, 2.45) is 5.92 Å². The van der Waals surface area contributed by atoms with E-state index in [0.717, 1.165) is 10.4 Å². The molecule has 0 spiro atoms. The summed E-state index contributed by atoms with van der Waals surface area (Å²) in [5, 5.41) is 9.91. The zero-order valence-corrected chi connectivity index (χ0v) is 15.4. The van der Waals surface area contributed by atoms with E-state index >= 15 is 0 Å².